The maximum Gasteiger partial charge on any atom is 0.325 e. The Labute approximate surface area is 167 Å². The first-order valence-electron chi connectivity index (χ1n) is 9.21. The van der Waals surface area contributed by atoms with Crippen LogP contribution in [0.25, 0.3) is 0 Å². The van der Waals surface area contributed by atoms with E-state index in [1.54, 1.807) is 4.90 Å². The Kier molecular flexibility index (Phi) is 5.07. The summed E-state index contributed by atoms with van der Waals surface area (Å²) in [4.78, 5) is 40.8. The van der Waals surface area contributed by atoms with Crippen molar-refractivity contribution in [2.24, 2.45) is 5.92 Å². The second kappa shape index (κ2) is 7.36. The number of rotatable bonds is 4. The van der Waals surface area contributed by atoms with Gasteiger partial charge in [0.1, 0.15) is 5.54 Å². The highest BCUT2D eigenvalue weighted by molar-refractivity contribution is 7.99. The first-order chi connectivity index (χ1) is 13.0. The largest absolute Gasteiger partial charge is 0.338 e. The van der Waals surface area contributed by atoms with Crippen LogP contribution in [-0.4, -0.2) is 57.8 Å². The molecular formula is C19H22ClN3O3S. The number of urea groups is 1. The van der Waals surface area contributed by atoms with E-state index >= 15 is 0 Å². The molecular weight excluding hydrogens is 386 g/mol. The second-order valence-corrected chi connectivity index (χ2v) is 9.17. The summed E-state index contributed by atoms with van der Waals surface area (Å²) in [5.74, 6) is 1.70. The average molecular weight is 408 g/mol. The molecule has 4 amide bonds. The number of carbonyl (C=O) groups excluding carboxylic acids is 3. The highest BCUT2D eigenvalue weighted by atomic mass is 35.5. The van der Waals surface area contributed by atoms with Gasteiger partial charge in [-0.25, -0.2) is 4.79 Å². The summed E-state index contributed by atoms with van der Waals surface area (Å²) in [6, 6.07) is 7.13. The SMILES string of the molecule is O=C1CC(CN2C(=O)NC3(CCSCC3)C2=O)CN1Cc1ccc(Cl)cc1. The van der Waals surface area contributed by atoms with Crippen LogP contribution in [0.1, 0.15) is 24.8 Å². The van der Waals surface area contributed by atoms with Crippen molar-refractivity contribution in [3.05, 3.63) is 34.9 Å². The maximum absolute atomic E-state index is 12.9. The number of imide groups is 1. The van der Waals surface area contributed by atoms with Gasteiger partial charge in [-0.05, 0) is 42.0 Å². The van der Waals surface area contributed by atoms with Crippen LogP contribution in [0.5, 0.6) is 0 Å². The molecule has 4 rings (SSSR count). The summed E-state index contributed by atoms with van der Waals surface area (Å²) in [6.45, 7) is 1.39. The summed E-state index contributed by atoms with van der Waals surface area (Å²) in [7, 11) is 0. The summed E-state index contributed by atoms with van der Waals surface area (Å²) in [5.41, 5.74) is 0.301. The molecule has 3 fully saturated rings. The minimum atomic E-state index is -0.714. The molecule has 144 valence electrons. The van der Waals surface area contributed by atoms with E-state index in [0.717, 1.165) is 17.1 Å². The van der Waals surface area contributed by atoms with Crippen molar-refractivity contribution in [1.29, 1.82) is 0 Å². The van der Waals surface area contributed by atoms with E-state index in [2.05, 4.69) is 5.32 Å². The number of hydrogen-bond acceptors (Lipinski definition) is 4. The van der Waals surface area contributed by atoms with Gasteiger partial charge in [0.05, 0.1) is 0 Å². The number of hydrogen-bond donors (Lipinski definition) is 1. The molecule has 0 radical (unpaired) electrons. The number of benzene rings is 1. The Morgan fingerprint density at radius 1 is 1.15 bits per heavy atom. The van der Waals surface area contributed by atoms with Crippen LogP contribution >= 0.6 is 23.4 Å². The van der Waals surface area contributed by atoms with E-state index in [1.807, 2.05) is 36.0 Å². The number of halogens is 1. The summed E-state index contributed by atoms with van der Waals surface area (Å²) in [6.07, 6.45) is 1.74. The highest BCUT2D eigenvalue weighted by Crippen LogP contribution is 2.33. The molecule has 1 atom stereocenters. The van der Waals surface area contributed by atoms with Crippen LogP contribution < -0.4 is 5.32 Å². The van der Waals surface area contributed by atoms with Crippen molar-refractivity contribution in [1.82, 2.24) is 15.1 Å². The third-order valence-corrected chi connectivity index (χ3v) is 6.85. The quantitative estimate of drug-likeness (QED) is 0.778. The van der Waals surface area contributed by atoms with Crippen LogP contribution in [0.3, 0.4) is 0 Å². The van der Waals surface area contributed by atoms with E-state index in [0.29, 0.717) is 43.9 Å². The van der Waals surface area contributed by atoms with Crippen LogP contribution in [-0.2, 0) is 16.1 Å². The molecule has 1 N–H and O–H groups in total. The average Bonchev–Trinajstić information content (AvgIpc) is 3.10. The molecule has 1 aromatic carbocycles. The molecule has 3 saturated heterocycles. The van der Waals surface area contributed by atoms with Gasteiger partial charge in [-0.15, -0.1) is 0 Å². The van der Waals surface area contributed by atoms with Crippen molar-refractivity contribution < 1.29 is 14.4 Å². The lowest BCUT2D eigenvalue weighted by Crippen LogP contribution is -2.49. The topological polar surface area (TPSA) is 69.7 Å². The number of thioether (sulfide) groups is 1. The van der Waals surface area contributed by atoms with E-state index in [-0.39, 0.29) is 23.8 Å². The maximum atomic E-state index is 12.9. The number of nitrogens with zero attached hydrogens (tertiary/aromatic N) is 2. The second-order valence-electron chi connectivity index (χ2n) is 7.51. The van der Waals surface area contributed by atoms with Crippen LogP contribution in [0.2, 0.25) is 5.02 Å². The molecule has 6 nitrogen and oxygen atoms in total. The first-order valence-corrected chi connectivity index (χ1v) is 10.7. The molecule has 0 aromatic heterocycles. The van der Waals surface area contributed by atoms with Gasteiger partial charge in [-0.1, -0.05) is 23.7 Å². The monoisotopic (exact) mass is 407 g/mol. The number of likely N-dealkylation sites (tertiary alicyclic amines) is 1. The van der Waals surface area contributed by atoms with E-state index < -0.39 is 5.54 Å². The van der Waals surface area contributed by atoms with Crippen LogP contribution in [0, 0.1) is 5.92 Å². The third-order valence-electron chi connectivity index (χ3n) is 5.61. The molecule has 0 bridgehead atoms. The van der Waals surface area contributed by atoms with Crippen molar-refractivity contribution in [2.45, 2.75) is 31.3 Å². The van der Waals surface area contributed by atoms with Gasteiger partial charge in [0.2, 0.25) is 5.91 Å². The lowest BCUT2D eigenvalue weighted by atomic mass is 9.92. The Morgan fingerprint density at radius 3 is 2.56 bits per heavy atom. The van der Waals surface area contributed by atoms with Gasteiger partial charge < -0.3 is 10.2 Å². The van der Waals surface area contributed by atoms with Crippen LogP contribution in [0.4, 0.5) is 4.79 Å². The normalized spacial score (nSPS) is 24.8. The smallest absolute Gasteiger partial charge is 0.325 e. The van der Waals surface area contributed by atoms with Crippen LogP contribution in [0.15, 0.2) is 24.3 Å². The molecule has 8 heteroatoms. The first kappa shape index (κ1) is 18.6. The Morgan fingerprint density at radius 2 is 1.85 bits per heavy atom. The van der Waals surface area contributed by atoms with Gasteiger partial charge in [0.25, 0.3) is 5.91 Å². The van der Waals surface area contributed by atoms with Gasteiger partial charge in [0, 0.05) is 37.0 Å². The lowest BCUT2D eigenvalue weighted by molar-refractivity contribution is -0.132. The van der Waals surface area contributed by atoms with Crippen molar-refractivity contribution in [3.8, 4) is 0 Å². The Bertz CT molecular complexity index is 764. The summed E-state index contributed by atoms with van der Waals surface area (Å²) < 4.78 is 0. The van der Waals surface area contributed by atoms with Gasteiger partial charge in [-0.3, -0.25) is 14.5 Å². The highest BCUT2D eigenvalue weighted by Gasteiger charge is 2.52. The Hall–Kier alpha value is -1.73. The molecule has 1 unspecified atom stereocenters. The minimum absolute atomic E-state index is 0.0207. The summed E-state index contributed by atoms with van der Waals surface area (Å²) in [5, 5.41) is 3.59. The molecule has 1 aromatic rings. The van der Waals surface area contributed by atoms with E-state index in [9.17, 15) is 14.4 Å². The molecule has 3 heterocycles. The molecule has 0 aliphatic carbocycles. The predicted molar refractivity (Wildman–Crippen MR) is 105 cm³/mol. The third kappa shape index (κ3) is 3.67. The number of carbonyl (C=O) groups is 3. The molecule has 3 aliphatic heterocycles. The molecule has 27 heavy (non-hydrogen) atoms. The lowest BCUT2D eigenvalue weighted by Gasteiger charge is -2.30. The zero-order valence-electron chi connectivity index (χ0n) is 14.9. The van der Waals surface area contributed by atoms with E-state index in [4.69, 9.17) is 11.6 Å². The fourth-order valence-electron chi connectivity index (χ4n) is 4.10. The van der Waals surface area contributed by atoms with E-state index in [1.165, 1.54) is 4.90 Å². The van der Waals surface area contributed by atoms with Crippen molar-refractivity contribution in [2.75, 3.05) is 24.6 Å². The molecule has 3 aliphatic rings. The van der Waals surface area contributed by atoms with Gasteiger partial charge in [-0.2, -0.15) is 11.8 Å². The standard InChI is InChI=1S/C19H22ClN3O3S/c20-15-3-1-13(2-4-15)10-22-11-14(9-16(22)24)12-23-17(25)19(21-18(23)26)5-7-27-8-6-19/h1-4,14H,5-12H2,(H,21,26). The van der Waals surface area contributed by atoms with Gasteiger partial charge in [0.15, 0.2) is 0 Å². The van der Waals surface area contributed by atoms with Gasteiger partial charge >= 0.3 is 6.03 Å². The minimum Gasteiger partial charge on any atom is -0.338 e. The fourth-order valence-corrected chi connectivity index (χ4v) is 5.41. The number of nitrogens with one attached hydrogen (secondary N) is 1. The number of amides is 4. The zero-order valence-corrected chi connectivity index (χ0v) is 16.5. The molecule has 1 spiro atoms. The fraction of sp³-hybridized carbons (Fsp3) is 0.526. The van der Waals surface area contributed by atoms with Crippen molar-refractivity contribution >= 4 is 41.2 Å². The Balaban J connectivity index is 1.38. The molecule has 0 saturated carbocycles. The summed E-state index contributed by atoms with van der Waals surface area (Å²) >= 11 is 7.72. The predicted octanol–water partition coefficient (Wildman–Crippen LogP) is 2.51. The zero-order chi connectivity index (χ0) is 19.0. The van der Waals surface area contributed by atoms with Crippen molar-refractivity contribution in [3.63, 3.8) is 0 Å².